The molecule has 0 unspecified atom stereocenters. The molecule has 118 valence electrons. The number of rotatable bonds is 2. The van der Waals surface area contributed by atoms with E-state index in [1.165, 1.54) is 11.1 Å². The van der Waals surface area contributed by atoms with Crippen molar-refractivity contribution in [3.05, 3.63) is 54.0 Å². The van der Waals surface area contributed by atoms with E-state index in [2.05, 4.69) is 9.97 Å². The topological polar surface area (TPSA) is 98.1 Å². The third-order valence-electron chi connectivity index (χ3n) is 4.19. The van der Waals surface area contributed by atoms with E-state index in [0.717, 1.165) is 22.4 Å². The fourth-order valence-electron chi connectivity index (χ4n) is 2.80. The second-order valence-corrected chi connectivity index (χ2v) is 6.11. The first kappa shape index (κ1) is 15.0. The zero-order chi connectivity index (χ0) is 16.8. The van der Waals surface area contributed by atoms with Gasteiger partial charge in [0.1, 0.15) is 11.6 Å². The lowest BCUT2D eigenvalue weighted by atomic mass is 9.85. The average molecular weight is 309 g/mol. The maximum atomic E-state index is 12.7. The molecule has 0 radical (unpaired) electrons. The van der Waals surface area contributed by atoms with Crippen molar-refractivity contribution >= 4 is 11.6 Å². The smallest absolute Gasteiger partial charge is 0.242 e. The Bertz CT molecular complexity index is 808. The second-order valence-electron chi connectivity index (χ2n) is 6.11. The molecule has 6 heteroatoms. The van der Waals surface area contributed by atoms with E-state index in [0.29, 0.717) is 5.82 Å². The van der Waals surface area contributed by atoms with Crippen LogP contribution in [0.15, 0.2) is 42.6 Å². The summed E-state index contributed by atoms with van der Waals surface area (Å²) < 4.78 is 0. The Morgan fingerprint density at radius 1 is 1.22 bits per heavy atom. The van der Waals surface area contributed by atoms with Crippen molar-refractivity contribution in [3.63, 3.8) is 0 Å². The second kappa shape index (κ2) is 5.08. The van der Waals surface area contributed by atoms with E-state index in [4.69, 9.17) is 11.5 Å². The Morgan fingerprint density at radius 2 is 1.87 bits per heavy atom. The van der Waals surface area contributed by atoms with Crippen LogP contribution in [0, 0.1) is 6.92 Å². The lowest BCUT2D eigenvalue weighted by Gasteiger charge is -2.20. The van der Waals surface area contributed by atoms with E-state index in [-0.39, 0.29) is 11.7 Å². The van der Waals surface area contributed by atoms with Gasteiger partial charge in [0.05, 0.1) is 11.1 Å². The molecular formula is C17H19N5O. The lowest BCUT2D eigenvalue weighted by molar-refractivity contribution is -0.121. The van der Waals surface area contributed by atoms with Crippen LogP contribution >= 0.6 is 0 Å². The minimum Gasteiger partial charge on any atom is -0.402 e. The zero-order valence-corrected chi connectivity index (χ0v) is 13.4. The predicted molar refractivity (Wildman–Crippen MR) is 89.2 cm³/mol. The molecule has 2 heterocycles. The third kappa shape index (κ3) is 2.23. The van der Waals surface area contributed by atoms with E-state index < -0.39 is 5.41 Å². The summed E-state index contributed by atoms with van der Waals surface area (Å²) in [7, 11) is 0. The van der Waals surface area contributed by atoms with Crippen LogP contribution < -0.4 is 16.4 Å². The van der Waals surface area contributed by atoms with E-state index in [9.17, 15) is 4.79 Å². The molecule has 2 aromatic rings. The molecule has 1 amide bonds. The van der Waals surface area contributed by atoms with Crippen molar-refractivity contribution in [1.82, 2.24) is 9.97 Å². The van der Waals surface area contributed by atoms with Crippen LogP contribution in [0.5, 0.6) is 0 Å². The van der Waals surface area contributed by atoms with Crippen LogP contribution in [0.3, 0.4) is 0 Å². The van der Waals surface area contributed by atoms with Gasteiger partial charge in [0.15, 0.2) is 0 Å². The third-order valence-corrected chi connectivity index (χ3v) is 4.19. The summed E-state index contributed by atoms with van der Waals surface area (Å²) in [5.74, 6) is 0.839. The number of nitrogens with zero attached hydrogens (tertiary/aromatic N) is 3. The monoisotopic (exact) mass is 309 g/mol. The Morgan fingerprint density at radius 3 is 2.48 bits per heavy atom. The van der Waals surface area contributed by atoms with E-state index in [1.807, 2.05) is 39.0 Å². The molecule has 0 aliphatic carbocycles. The maximum Gasteiger partial charge on any atom is 0.242 e. The molecular weight excluding hydrogens is 290 g/mol. The molecule has 1 aromatic carbocycles. The molecule has 0 bridgehead atoms. The molecule has 23 heavy (non-hydrogen) atoms. The van der Waals surface area contributed by atoms with Crippen molar-refractivity contribution < 1.29 is 4.79 Å². The largest absolute Gasteiger partial charge is 0.402 e. The van der Waals surface area contributed by atoms with E-state index >= 15 is 0 Å². The molecule has 6 nitrogen and oxygen atoms in total. The van der Waals surface area contributed by atoms with Gasteiger partial charge in [-0.25, -0.2) is 9.97 Å². The number of aryl methyl sites for hydroxylation is 1. The van der Waals surface area contributed by atoms with Crippen LogP contribution in [0.4, 0.5) is 5.69 Å². The molecule has 1 aliphatic rings. The van der Waals surface area contributed by atoms with Crippen LogP contribution in [-0.2, 0) is 10.2 Å². The summed E-state index contributed by atoms with van der Waals surface area (Å²) in [6.45, 7) is 5.60. The molecule has 0 fully saturated rings. The molecule has 4 N–H and O–H groups in total. The first-order valence-electron chi connectivity index (χ1n) is 7.31. The fraction of sp³-hybridized carbons (Fsp3) is 0.235. The SMILES string of the molecule is Cc1ncc(-c2ccc3c(c2)N(/C(N)=C/N)C(=O)C3(C)C)cn1. The van der Waals surface area contributed by atoms with Crippen molar-refractivity contribution in [3.8, 4) is 11.1 Å². The number of fused-ring (bicyclic) bond motifs is 1. The van der Waals surface area contributed by atoms with Gasteiger partial charge >= 0.3 is 0 Å². The van der Waals surface area contributed by atoms with Crippen molar-refractivity contribution in [2.75, 3.05) is 4.90 Å². The quantitative estimate of drug-likeness (QED) is 0.881. The van der Waals surface area contributed by atoms with E-state index in [1.54, 1.807) is 12.4 Å². The van der Waals surface area contributed by atoms with Crippen LogP contribution in [0.2, 0.25) is 0 Å². The molecule has 0 saturated carbocycles. The minimum absolute atomic E-state index is 0.0935. The predicted octanol–water partition coefficient (Wildman–Crippen LogP) is 1.79. The average Bonchev–Trinajstić information content (AvgIpc) is 2.74. The first-order chi connectivity index (χ1) is 10.9. The van der Waals surface area contributed by atoms with Crippen molar-refractivity contribution in [2.24, 2.45) is 11.5 Å². The zero-order valence-electron chi connectivity index (χ0n) is 13.4. The summed E-state index contributed by atoms with van der Waals surface area (Å²) in [6, 6.07) is 5.84. The highest BCUT2D eigenvalue weighted by Gasteiger charge is 2.44. The summed E-state index contributed by atoms with van der Waals surface area (Å²) in [4.78, 5) is 22.6. The number of hydrogen-bond donors (Lipinski definition) is 2. The number of hydrogen-bond acceptors (Lipinski definition) is 5. The number of amides is 1. The number of carbonyl (C=O) groups is 1. The Balaban J connectivity index is 2.17. The van der Waals surface area contributed by atoms with Gasteiger partial charge in [-0.1, -0.05) is 12.1 Å². The van der Waals surface area contributed by atoms with Crippen molar-refractivity contribution in [1.29, 1.82) is 0 Å². The molecule has 0 atom stereocenters. The molecule has 0 saturated heterocycles. The van der Waals surface area contributed by atoms with Gasteiger partial charge in [-0.15, -0.1) is 0 Å². The van der Waals surface area contributed by atoms with Gasteiger partial charge in [0, 0.05) is 24.2 Å². The highest BCUT2D eigenvalue weighted by Crippen LogP contribution is 2.44. The number of carbonyl (C=O) groups excluding carboxylic acids is 1. The fourth-order valence-corrected chi connectivity index (χ4v) is 2.80. The Hall–Kier alpha value is -2.89. The minimum atomic E-state index is -0.648. The van der Waals surface area contributed by atoms with Crippen LogP contribution in [-0.4, -0.2) is 15.9 Å². The number of nitrogens with two attached hydrogens (primary N) is 2. The van der Waals surface area contributed by atoms with Crippen LogP contribution in [0.25, 0.3) is 11.1 Å². The van der Waals surface area contributed by atoms with Gasteiger partial charge in [0.25, 0.3) is 0 Å². The van der Waals surface area contributed by atoms with Gasteiger partial charge < -0.3 is 11.5 Å². The lowest BCUT2D eigenvalue weighted by Crippen LogP contribution is -2.38. The van der Waals surface area contributed by atoms with Gasteiger partial charge in [-0.3, -0.25) is 9.69 Å². The Labute approximate surface area is 134 Å². The first-order valence-corrected chi connectivity index (χ1v) is 7.31. The number of benzene rings is 1. The summed E-state index contributed by atoms with van der Waals surface area (Å²) in [5.41, 5.74) is 14.3. The molecule has 0 spiro atoms. The molecule has 1 aliphatic heterocycles. The number of anilines is 1. The normalized spacial score (nSPS) is 16.6. The van der Waals surface area contributed by atoms with Crippen molar-refractivity contribution in [2.45, 2.75) is 26.2 Å². The standard InChI is InChI=1S/C17H19N5O/c1-10-20-8-12(9-21-10)11-4-5-13-14(6-11)22(15(19)7-18)16(23)17(13,2)3/h4-9H,18-19H2,1-3H3/b15-7+. The maximum absolute atomic E-state index is 12.7. The summed E-state index contributed by atoms with van der Waals surface area (Å²) in [5, 5.41) is 0. The van der Waals surface area contributed by atoms with Gasteiger partial charge in [0.2, 0.25) is 5.91 Å². The number of aromatic nitrogens is 2. The highest BCUT2D eigenvalue weighted by molar-refractivity contribution is 6.10. The van der Waals surface area contributed by atoms with Gasteiger partial charge in [-0.05, 0) is 38.0 Å². The van der Waals surface area contributed by atoms with Gasteiger partial charge in [-0.2, -0.15) is 0 Å². The molecule has 1 aromatic heterocycles. The Kier molecular flexibility index (Phi) is 3.32. The highest BCUT2D eigenvalue weighted by atomic mass is 16.2. The summed E-state index contributed by atoms with van der Waals surface area (Å²) >= 11 is 0. The summed E-state index contributed by atoms with van der Waals surface area (Å²) in [6.07, 6.45) is 4.77. The van der Waals surface area contributed by atoms with Crippen LogP contribution in [0.1, 0.15) is 25.2 Å². The molecule has 3 rings (SSSR count).